The minimum absolute atomic E-state index is 0.300. The Morgan fingerprint density at radius 2 is 1.12 bits per heavy atom. The van der Waals surface area contributed by atoms with Crippen LogP contribution in [-0.4, -0.2) is 50.3 Å². The van der Waals surface area contributed by atoms with Gasteiger partial charge in [0.2, 0.25) is 0 Å². The van der Waals surface area contributed by atoms with Crippen LogP contribution in [0.3, 0.4) is 0 Å². The van der Waals surface area contributed by atoms with Gasteiger partial charge in [0.1, 0.15) is 23.0 Å². The summed E-state index contributed by atoms with van der Waals surface area (Å²) in [5.41, 5.74) is 2.48. The van der Waals surface area contributed by atoms with Crippen molar-refractivity contribution in [2.24, 2.45) is 0 Å². The second-order valence-electron chi connectivity index (χ2n) is 11.1. The molecule has 0 amide bonds. The Balaban J connectivity index is 1.38. The van der Waals surface area contributed by atoms with E-state index in [1.165, 1.54) is 6.08 Å². The first-order valence-electron chi connectivity index (χ1n) is 15.9. The number of hydrogen-bond acceptors (Lipinski definition) is 10. The minimum atomic E-state index is -0.561. The molecular formula is C39H42O10. The Hall–Kier alpha value is -5.64. The van der Waals surface area contributed by atoms with Crippen molar-refractivity contribution in [1.82, 2.24) is 0 Å². The molecule has 258 valence electrons. The number of esters is 4. The maximum atomic E-state index is 12.7. The van der Waals surface area contributed by atoms with Crippen molar-refractivity contribution in [3.8, 4) is 23.0 Å². The highest BCUT2D eigenvalue weighted by Crippen LogP contribution is 2.25. The molecule has 3 rings (SSSR count). The second-order valence-corrected chi connectivity index (χ2v) is 11.1. The number of ether oxygens (including phenoxy) is 6. The van der Waals surface area contributed by atoms with Crippen LogP contribution in [0.4, 0.5) is 0 Å². The van der Waals surface area contributed by atoms with Crippen LogP contribution < -0.4 is 18.9 Å². The minimum Gasteiger partial charge on any atom is -0.494 e. The molecule has 0 saturated carbocycles. The molecule has 0 radical (unpaired) electrons. The number of unbranched alkanes of at least 4 members (excludes halogenated alkanes) is 2. The fourth-order valence-electron chi connectivity index (χ4n) is 4.00. The summed E-state index contributed by atoms with van der Waals surface area (Å²) in [6.45, 7) is 13.6. The predicted octanol–water partition coefficient (Wildman–Crippen LogP) is 7.39. The molecule has 3 aromatic rings. The monoisotopic (exact) mass is 670 g/mol. The Labute approximate surface area is 286 Å². The Kier molecular flexibility index (Phi) is 15.3. The lowest BCUT2D eigenvalue weighted by Crippen LogP contribution is -2.09. The number of aryl methyl sites for hydroxylation is 1. The molecule has 3 aromatic carbocycles. The van der Waals surface area contributed by atoms with Gasteiger partial charge in [-0.2, -0.15) is 0 Å². The lowest BCUT2D eigenvalue weighted by molar-refractivity contribution is -0.139. The number of carbonyl (C=O) groups excluding carboxylic acids is 4. The van der Waals surface area contributed by atoms with Gasteiger partial charge in [-0.3, -0.25) is 0 Å². The van der Waals surface area contributed by atoms with Crippen molar-refractivity contribution in [3.05, 3.63) is 114 Å². The summed E-state index contributed by atoms with van der Waals surface area (Å²) in [6.07, 6.45) is 5.72. The third-order valence-electron chi connectivity index (χ3n) is 6.73. The molecule has 0 N–H and O–H groups in total. The summed E-state index contributed by atoms with van der Waals surface area (Å²) in [5, 5.41) is 0. The normalized spacial score (nSPS) is 10.6. The van der Waals surface area contributed by atoms with Gasteiger partial charge in [0.05, 0.1) is 32.0 Å². The van der Waals surface area contributed by atoms with E-state index in [1.807, 2.05) is 12.1 Å². The lowest BCUT2D eigenvalue weighted by Gasteiger charge is -2.10. The van der Waals surface area contributed by atoms with Gasteiger partial charge in [-0.25, -0.2) is 19.2 Å². The van der Waals surface area contributed by atoms with Crippen LogP contribution in [-0.2, 0) is 23.9 Å². The average molecular weight is 671 g/mol. The standard InChI is InChI=1S/C39H42O10/c1-27(2)37(41)46-24-8-6-22-44-32-15-10-30(11-16-32)12-21-36(40)49-35-20-19-34(26-29(35)5)48-39(43)31-13-17-33(18-14-31)45-23-7-9-25-47-38(42)28(3)4/h10-21,26H,1,3,6-9,22-25H2,2,4-5H3/b21-12+. The predicted molar refractivity (Wildman–Crippen MR) is 185 cm³/mol. The highest BCUT2D eigenvalue weighted by molar-refractivity contribution is 5.91. The summed E-state index contributed by atoms with van der Waals surface area (Å²) in [4.78, 5) is 47.9. The van der Waals surface area contributed by atoms with Crippen LogP contribution in [0.25, 0.3) is 6.08 Å². The molecule has 0 aliphatic heterocycles. The molecule has 0 unspecified atom stereocenters. The Morgan fingerprint density at radius 3 is 1.63 bits per heavy atom. The molecule has 0 spiro atoms. The summed E-state index contributed by atoms with van der Waals surface area (Å²) in [6, 6.07) is 18.5. The van der Waals surface area contributed by atoms with Crippen LogP contribution in [0.2, 0.25) is 0 Å². The highest BCUT2D eigenvalue weighted by atomic mass is 16.5. The summed E-state index contributed by atoms with van der Waals surface area (Å²) in [7, 11) is 0. The number of carbonyl (C=O) groups is 4. The van der Waals surface area contributed by atoms with E-state index >= 15 is 0 Å². The van der Waals surface area contributed by atoms with Crippen molar-refractivity contribution in [3.63, 3.8) is 0 Å². The van der Waals surface area contributed by atoms with Crippen LogP contribution in [0, 0.1) is 6.92 Å². The van der Waals surface area contributed by atoms with Gasteiger partial charge in [-0.05, 0) is 118 Å². The van der Waals surface area contributed by atoms with E-state index in [2.05, 4.69) is 13.2 Å². The number of benzene rings is 3. The van der Waals surface area contributed by atoms with E-state index in [0.717, 1.165) is 12.0 Å². The molecule has 0 heterocycles. The average Bonchev–Trinajstić information content (AvgIpc) is 3.08. The SMILES string of the molecule is C=C(C)C(=O)OCCCCOc1ccc(/C=C/C(=O)Oc2ccc(OC(=O)c3ccc(OCCCCOC(=O)C(=C)C)cc3)cc2C)cc1. The molecule has 0 aliphatic carbocycles. The summed E-state index contributed by atoms with van der Waals surface area (Å²) < 4.78 is 32.5. The van der Waals surface area contributed by atoms with Crippen molar-refractivity contribution in [1.29, 1.82) is 0 Å². The zero-order chi connectivity index (χ0) is 35.6. The maximum Gasteiger partial charge on any atom is 0.343 e. The zero-order valence-electron chi connectivity index (χ0n) is 28.2. The van der Waals surface area contributed by atoms with Gasteiger partial charge in [-0.1, -0.05) is 25.3 Å². The lowest BCUT2D eigenvalue weighted by atomic mass is 10.2. The second kappa shape index (κ2) is 19.9. The molecular weight excluding hydrogens is 628 g/mol. The fourth-order valence-corrected chi connectivity index (χ4v) is 4.00. The molecule has 0 atom stereocenters. The topological polar surface area (TPSA) is 124 Å². The maximum absolute atomic E-state index is 12.7. The summed E-state index contributed by atoms with van der Waals surface area (Å²) in [5.74, 6) is 0.0243. The molecule has 0 bridgehead atoms. The number of rotatable bonds is 19. The van der Waals surface area contributed by atoms with Gasteiger partial charge in [0, 0.05) is 17.2 Å². The first-order valence-corrected chi connectivity index (χ1v) is 15.9. The van der Waals surface area contributed by atoms with Crippen molar-refractivity contribution in [2.45, 2.75) is 46.5 Å². The molecule has 0 fully saturated rings. The Morgan fingerprint density at radius 1 is 0.633 bits per heavy atom. The van der Waals surface area contributed by atoms with Gasteiger partial charge >= 0.3 is 23.9 Å². The first kappa shape index (κ1) is 37.8. The molecule has 10 heteroatoms. The van der Waals surface area contributed by atoms with E-state index in [9.17, 15) is 19.2 Å². The molecule has 0 aromatic heterocycles. The van der Waals surface area contributed by atoms with Gasteiger partial charge in [0.25, 0.3) is 0 Å². The Bertz CT molecular complexity index is 1640. The summed E-state index contributed by atoms with van der Waals surface area (Å²) >= 11 is 0. The van der Waals surface area contributed by atoms with E-state index in [1.54, 1.807) is 81.4 Å². The van der Waals surface area contributed by atoms with E-state index in [0.29, 0.717) is 91.0 Å². The largest absolute Gasteiger partial charge is 0.494 e. The van der Waals surface area contributed by atoms with Crippen molar-refractivity contribution in [2.75, 3.05) is 26.4 Å². The molecule has 49 heavy (non-hydrogen) atoms. The van der Waals surface area contributed by atoms with E-state index in [-0.39, 0.29) is 0 Å². The molecule has 10 nitrogen and oxygen atoms in total. The van der Waals surface area contributed by atoms with Crippen molar-refractivity contribution < 1.29 is 47.6 Å². The van der Waals surface area contributed by atoms with Crippen LogP contribution in [0.15, 0.2) is 97.1 Å². The molecule has 0 saturated heterocycles. The fraction of sp³-hybridized carbons (Fsp3) is 0.282. The number of hydrogen-bond donors (Lipinski definition) is 0. The van der Waals surface area contributed by atoms with Crippen molar-refractivity contribution >= 4 is 30.0 Å². The van der Waals surface area contributed by atoms with Crippen LogP contribution in [0.5, 0.6) is 23.0 Å². The van der Waals surface area contributed by atoms with E-state index in [4.69, 9.17) is 28.4 Å². The van der Waals surface area contributed by atoms with Gasteiger partial charge in [0.15, 0.2) is 0 Å². The van der Waals surface area contributed by atoms with Gasteiger partial charge in [-0.15, -0.1) is 0 Å². The molecule has 0 aliphatic rings. The smallest absolute Gasteiger partial charge is 0.343 e. The third-order valence-corrected chi connectivity index (χ3v) is 6.73. The van der Waals surface area contributed by atoms with Crippen LogP contribution >= 0.6 is 0 Å². The van der Waals surface area contributed by atoms with Crippen LogP contribution in [0.1, 0.15) is 61.0 Å². The first-order chi connectivity index (χ1) is 23.5. The van der Waals surface area contributed by atoms with E-state index < -0.39 is 23.9 Å². The highest BCUT2D eigenvalue weighted by Gasteiger charge is 2.12. The van der Waals surface area contributed by atoms with Gasteiger partial charge < -0.3 is 28.4 Å². The quantitative estimate of drug-likeness (QED) is 0.0552. The zero-order valence-corrected chi connectivity index (χ0v) is 28.2. The third kappa shape index (κ3) is 13.9.